The minimum absolute atomic E-state index is 0.149. The first-order valence-corrected chi connectivity index (χ1v) is 27.9. The summed E-state index contributed by atoms with van der Waals surface area (Å²) < 4.78 is 27.4. The minimum Gasteiger partial charge on any atom is -0.494 e. The first-order valence-electron chi connectivity index (χ1n) is 24.5. The average molecular weight is 1050 g/mol. The van der Waals surface area contributed by atoms with Gasteiger partial charge >= 0.3 is 5.76 Å². The van der Waals surface area contributed by atoms with Gasteiger partial charge in [-0.2, -0.15) is 4.98 Å². The predicted octanol–water partition coefficient (Wildman–Crippen LogP) is 6.79. The molecule has 7 heterocycles. The normalized spacial score (nSPS) is 18.5. The third-order valence-corrected chi connectivity index (χ3v) is 16.6. The van der Waals surface area contributed by atoms with Crippen molar-refractivity contribution in [2.75, 3.05) is 93.2 Å². The molecule has 0 bridgehead atoms. The maximum Gasteiger partial charge on any atom is 0.420 e. The van der Waals surface area contributed by atoms with E-state index < -0.39 is 24.8 Å². The highest BCUT2D eigenvalue weighted by Crippen LogP contribution is 2.43. The Hall–Kier alpha value is -6.30. The highest BCUT2D eigenvalue weighted by atomic mass is 79.9. The van der Waals surface area contributed by atoms with Gasteiger partial charge in [0.15, 0.2) is 5.58 Å². The number of benzene rings is 3. The molecule has 4 aliphatic heterocycles. The maximum absolute atomic E-state index is 13.7. The van der Waals surface area contributed by atoms with Crippen molar-refractivity contribution in [3.8, 4) is 5.75 Å². The van der Waals surface area contributed by atoms with Crippen LogP contribution in [-0.4, -0.2) is 126 Å². The zero-order valence-corrected chi connectivity index (χ0v) is 43.1. The second kappa shape index (κ2) is 19.7. The van der Waals surface area contributed by atoms with Crippen molar-refractivity contribution in [3.63, 3.8) is 0 Å². The summed E-state index contributed by atoms with van der Waals surface area (Å²) in [4.78, 5) is 74.4. The number of oxazole rings is 1. The number of nitrogens with zero attached hydrogens (tertiary/aromatic N) is 8. The van der Waals surface area contributed by atoms with E-state index in [1.165, 1.54) is 10.1 Å². The van der Waals surface area contributed by atoms with Crippen molar-refractivity contribution in [1.29, 1.82) is 0 Å². The molecule has 0 saturated carbocycles. The molecule has 1 unspecified atom stereocenters. The van der Waals surface area contributed by atoms with Crippen molar-refractivity contribution in [1.82, 2.24) is 34.6 Å². The monoisotopic (exact) mass is 1050 g/mol. The lowest BCUT2D eigenvalue weighted by atomic mass is 9.96. The Morgan fingerprint density at radius 2 is 1.66 bits per heavy atom. The number of piperazine rings is 1. The number of fused-ring (bicyclic) bond motifs is 2. The van der Waals surface area contributed by atoms with Gasteiger partial charge in [0.1, 0.15) is 24.8 Å². The second-order valence-corrected chi connectivity index (χ2v) is 23.2. The Labute approximate surface area is 420 Å². The molecule has 20 heteroatoms. The number of ether oxygens (including phenoxy) is 1. The maximum atomic E-state index is 13.7. The molecule has 0 spiro atoms. The van der Waals surface area contributed by atoms with Gasteiger partial charge in [0.25, 0.3) is 0 Å². The lowest BCUT2D eigenvalue weighted by Crippen LogP contribution is -2.59. The lowest BCUT2D eigenvalue weighted by molar-refractivity contribution is -0.138. The summed E-state index contributed by atoms with van der Waals surface area (Å²) in [5, 5.41) is 10.8. The fourth-order valence-corrected chi connectivity index (χ4v) is 12.5. The van der Waals surface area contributed by atoms with Crippen LogP contribution < -0.4 is 41.5 Å². The number of carbonyl (C=O) groups excluding carboxylic acids is 3. The number of amides is 3. The summed E-state index contributed by atoms with van der Waals surface area (Å²) in [7, 11) is -1.08. The topological polar surface area (TPSA) is 200 Å². The van der Waals surface area contributed by atoms with Crippen molar-refractivity contribution in [2.45, 2.75) is 64.5 Å². The fraction of sp³-hybridized carbons (Fsp3) is 0.431. The summed E-state index contributed by atoms with van der Waals surface area (Å²) in [5.41, 5.74) is 7.16. The van der Waals surface area contributed by atoms with Crippen LogP contribution in [0.4, 0.5) is 34.5 Å². The van der Waals surface area contributed by atoms with Crippen molar-refractivity contribution >= 4 is 103 Å². The second-order valence-electron chi connectivity index (χ2n) is 19.2. The molecule has 3 aromatic carbocycles. The average Bonchev–Trinajstić information content (AvgIpc) is 3.69. The molecule has 4 saturated heterocycles. The largest absolute Gasteiger partial charge is 0.494 e. The lowest BCUT2D eigenvalue weighted by Gasteiger charge is -2.46. The van der Waals surface area contributed by atoms with Crippen LogP contribution >= 0.6 is 23.1 Å². The van der Waals surface area contributed by atoms with Crippen LogP contribution in [0.2, 0.25) is 0 Å². The Balaban J connectivity index is 0.743. The number of aryl methyl sites for hydroxylation is 2. The Morgan fingerprint density at radius 3 is 2.37 bits per heavy atom. The number of hydrogen-bond donors (Lipinski definition) is 3. The van der Waals surface area contributed by atoms with E-state index in [1.54, 1.807) is 32.7 Å². The van der Waals surface area contributed by atoms with Gasteiger partial charge in [-0.1, -0.05) is 26.0 Å². The Morgan fingerprint density at radius 1 is 0.887 bits per heavy atom. The van der Waals surface area contributed by atoms with Gasteiger partial charge in [0.2, 0.25) is 23.7 Å². The third-order valence-electron chi connectivity index (χ3n) is 14.5. The van der Waals surface area contributed by atoms with Gasteiger partial charge in [-0.05, 0) is 103 Å². The first-order chi connectivity index (χ1) is 34.2. The van der Waals surface area contributed by atoms with Gasteiger partial charge in [-0.15, -0.1) is 0 Å². The van der Waals surface area contributed by atoms with Crippen LogP contribution in [0.3, 0.4) is 0 Å². The van der Waals surface area contributed by atoms with Gasteiger partial charge in [-0.25, -0.2) is 9.78 Å². The van der Waals surface area contributed by atoms with E-state index >= 15 is 0 Å². The predicted molar refractivity (Wildman–Crippen MR) is 280 cm³/mol. The van der Waals surface area contributed by atoms with Crippen molar-refractivity contribution < 1.29 is 28.1 Å². The molecule has 0 aliphatic carbocycles. The Kier molecular flexibility index (Phi) is 13.4. The van der Waals surface area contributed by atoms with E-state index in [4.69, 9.17) is 19.1 Å². The summed E-state index contributed by atoms with van der Waals surface area (Å²) >= 11 is 3.63. The molecule has 71 heavy (non-hydrogen) atoms. The number of pyridine rings is 1. The highest BCUT2D eigenvalue weighted by molar-refractivity contribution is 9.10. The molecular weight excluding hydrogens is 990 g/mol. The first kappa shape index (κ1) is 48.3. The fourth-order valence-electron chi connectivity index (χ4n) is 10.7. The molecule has 3 amide bonds. The van der Waals surface area contributed by atoms with E-state index in [9.17, 15) is 23.7 Å². The van der Waals surface area contributed by atoms with E-state index in [1.807, 2.05) is 46.2 Å². The number of methoxy groups -OCH3 is 1. The number of para-hydroxylation sites is 1. The molecule has 10 rings (SSSR count). The van der Waals surface area contributed by atoms with Crippen molar-refractivity contribution in [2.24, 2.45) is 5.92 Å². The van der Waals surface area contributed by atoms with Crippen LogP contribution in [0.15, 0.2) is 74.5 Å². The number of halogens is 1. The number of aromatic nitrogens is 4. The van der Waals surface area contributed by atoms with E-state index in [2.05, 4.69) is 72.6 Å². The van der Waals surface area contributed by atoms with Crippen LogP contribution in [-0.2, 0) is 31.8 Å². The molecular formula is C51H59BrN11O7P. The van der Waals surface area contributed by atoms with E-state index in [-0.39, 0.29) is 30.6 Å². The molecule has 18 nitrogen and oxygen atoms in total. The summed E-state index contributed by atoms with van der Waals surface area (Å²) in [6, 6.07) is 17.1. The number of hydrogen-bond acceptors (Lipinski definition) is 15. The number of anilines is 6. The molecule has 4 fully saturated rings. The smallest absolute Gasteiger partial charge is 0.420 e. The molecule has 6 aromatic rings. The summed E-state index contributed by atoms with van der Waals surface area (Å²) in [6.45, 7) is 13.6. The SMILES string of the molecule is CCc1ccc2c(P(C)(C)=O)c(Nc3nc(Nc4cc(CC)c(N5CCC(N6CCN(C(=O)C7CN(c8cccc9c8oc(=O)n9C8CCC(=O)NC8=O)C7)CC6)CC5)cc4OC)ncc3Br)ccc2n1. The molecule has 4 aliphatic rings. The molecule has 1 atom stereocenters. The number of carbonyl (C=O) groups is 3. The minimum atomic E-state index is -2.75. The van der Waals surface area contributed by atoms with Crippen LogP contribution in [0, 0.1) is 5.92 Å². The number of rotatable bonds is 13. The zero-order chi connectivity index (χ0) is 49.7. The Bertz CT molecular complexity index is 3170. The van der Waals surface area contributed by atoms with E-state index in [0.717, 1.165) is 85.1 Å². The van der Waals surface area contributed by atoms with Gasteiger partial charge < -0.3 is 39.1 Å². The summed E-state index contributed by atoms with van der Waals surface area (Å²) in [6.07, 6.45) is 5.71. The van der Waals surface area contributed by atoms with Gasteiger partial charge in [-0.3, -0.25) is 34.2 Å². The molecule has 372 valence electrons. The highest BCUT2D eigenvalue weighted by Gasteiger charge is 2.39. The van der Waals surface area contributed by atoms with Gasteiger partial charge in [0, 0.05) is 99.2 Å². The van der Waals surface area contributed by atoms with E-state index in [0.29, 0.717) is 76.7 Å². The number of nitrogens with one attached hydrogen (secondary N) is 3. The van der Waals surface area contributed by atoms with Gasteiger partial charge in [0.05, 0.1) is 45.6 Å². The zero-order valence-electron chi connectivity index (χ0n) is 40.7. The quantitative estimate of drug-likeness (QED) is 0.0806. The van der Waals surface area contributed by atoms with Crippen LogP contribution in [0.25, 0.3) is 22.0 Å². The van der Waals surface area contributed by atoms with Crippen LogP contribution in [0.5, 0.6) is 5.75 Å². The third kappa shape index (κ3) is 9.51. The number of imide groups is 1. The number of piperidine rings is 2. The molecule has 3 aromatic heterocycles. The molecule has 0 radical (unpaired) electrons. The van der Waals surface area contributed by atoms with Crippen LogP contribution in [0.1, 0.15) is 56.8 Å². The molecule has 3 N–H and O–H groups in total. The standard InChI is InChI=1S/C51H59BrN11O7P/c1-6-30-25-38(56-50-53-27-35(52)47(58-50)55-37-14-13-36-34(46(37)71(4,5)68)12-11-32(7-2)54-36)43(69-3)26-42(30)60-19-17-33(18-20-60)59-21-23-61(24-22-59)49(66)31-28-62(29-31)39-9-8-10-40-45(39)70-51(67)63(40)41-15-16-44(64)57-48(41)65/h8-14,25-27,31,33,41H,6-7,15-24,28-29H2,1-5H3,(H,57,64,65)(H2,53,55,56,58). The summed E-state index contributed by atoms with van der Waals surface area (Å²) in [5.74, 6) is 0.0589. The van der Waals surface area contributed by atoms with Crippen molar-refractivity contribution in [3.05, 3.63) is 87.1 Å².